The van der Waals surface area contributed by atoms with E-state index in [4.69, 9.17) is 14.7 Å². The van der Waals surface area contributed by atoms with Crippen LogP contribution in [0.3, 0.4) is 0 Å². The molecule has 0 saturated heterocycles. The van der Waals surface area contributed by atoms with E-state index in [1.54, 1.807) is 19.2 Å². The van der Waals surface area contributed by atoms with Gasteiger partial charge in [-0.1, -0.05) is 12.1 Å². The number of anilines is 2. The fraction of sp³-hybridized carbons (Fsp3) is 0.179. The predicted molar refractivity (Wildman–Crippen MR) is 137 cm³/mol. The first-order valence-electron chi connectivity index (χ1n) is 11.5. The highest BCUT2D eigenvalue weighted by atomic mass is 19.1. The van der Waals surface area contributed by atoms with Crippen LogP contribution in [0.1, 0.15) is 19.5 Å². The highest BCUT2D eigenvalue weighted by Gasteiger charge is 2.17. The van der Waals surface area contributed by atoms with E-state index in [9.17, 15) is 4.39 Å². The molecule has 0 bridgehead atoms. The summed E-state index contributed by atoms with van der Waals surface area (Å²) < 4.78 is 21.3. The number of halogens is 1. The normalized spacial score (nSPS) is 12.0. The lowest BCUT2D eigenvalue weighted by Gasteiger charge is -2.20. The molecule has 0 atom stereocenters. The van der Waals surface area contributed by atoms with Crippen molar-refractivity contribution in [2.75, 3.05) is 12.4 Å². The van der Waals surface area contributed by atoms with Gasteiger partial charge in [-0.25, -0.2) is 14.4 Å². The summed E-state index contributed by atoms with van der Waals surface area (Å²) in [6, 6.07) is 22.4. The van der Waals surface area contributed by atoms with Gasteiger partial charge in [0.15, 0.2) is 0 Å². The summed E-state index contributed by atoms with van der Waals surface area (Å²) in [6.45, 7) is 5.99. The number of aromatic nitrogens is 3. The molecule has 176 valence electrons. The maximum absolute atomic E-state index is 13.7. The Hall–Kier alpha value is -4.26. The maximum atomic E-state index is 13.7. The molecule has 35 heavy (non-hydrogen) atoms. The largest absolute Gasteiger partial charge is 0.480 e. The number of ether oxygens (including phenoxy) is 1. The second-order valence-corrected chi connectivity index (χ2v) is 8.63. The van der Waals surface area contributed by atoms with Gasteiger partial charge in [0.2, 0.25) is 5.88 Å². The van der Waals surface area contributed by atoms with Crippen molar-refractivity contribution in [2.24, 2.45) is 4.99 Å². The fourth-order valence-corrected chi connectivity index (χ4v) is 4.12. The molecular formula is C28H26FN5O. The monoisotopic (exact) mass is 467 g/mol. The number of hydrogen-bond acceptors (Lipinski definition) is 5. The number of benzene rings is 3. The lowest BCUT2D eigenvalue weighted by molar-refractivity contribution is 0.399. The molecule has 0 spiro atoms. The van der Waals surface area contributed by atoms with Crippen LogP contribution in [0.2, 0.25) is 0 Å². The zero-order valence-corrected chi connectivity index (χ0v) is 20.1. The van der Waals surface area contributed by atoms with Crippen LogP contribution in [0.4, 0.5) is 15.8 Å². The van der Waals surface area contributed by atoms with E-state index in [1.165, 1.54) is 12.1 Å². The predicted octanol–water partition coefficient (Wildman–Crippen LogP) is 6.03. The average Bonchev–Trinajstić information content (AvgIpc) is 2.84. The van der Waals surface area contributed by atoms with Crippen molar-refractivity contribution < 1.29 is 9.13 Å². The van der Waals surface area contributed by atoms with Crippen LogP contribution in [0, 0.1) is 12.7 Å². The van der Waals surface area contributed by atoms with E-state index in [0.717, 1.165) is 50.5 Å². The quantitative estimate of drug-likeness (QED) is 0.320. The van der Waals surface area contributed by atoms with Gasteiger partial charge in [-0.2, -0.15) is 0 Å². The van der Waals surface area contributed by atoms with Crippen molar-refractivity contribution in [3.63, 3.8) is 0 Å². The summed E-state index contributed by atoms with van der Waals surface area (Å²) in [5.74, 6) is 0.230. The van der Waals surface area contributed by atoms with E-state index in [0.29, 0.717) is 5.88 Å². The third-order valence-electron chi connectivity index (χ3n) is 5.64. The molecule has 0 unspecified atom stereocenters. The first-order valence-corrected chi connectivity index (χ1v) is 11.5. The van der Waals surface area contributed by atoms with Crippen molar-refractivity contribution >= 4 is 22.4 Å². The van der Waals surface area contributed by atoms with Gasteiger partial charge in [0.1, 0.15) is 11.5 Å². The summed E-state index contributed by atoms with van der Waals surface area (Å²) in [5.41, 5.74) is 6.65. The molecule has 7 heteroatoms. The topological polar surface area (TPSA) is 64.3 Å². The van der Waals surface area contributed by atoms with Crippen molar-refractivity contribution in [3.8, 4) is 23.0 Å². The Morgan fingerprint density at radius 2 is 1.71 bits per heavy atom. The SMILES string of the molecule is COc1nc(C)ccc1Nc1cc2nc3ccccc3n(-c3ccc(F)cc3)c-2c/c1=N\C(C)C. The first kappa shape index (κ1) is 22.5. The number of pyridine rings is 1. The summed E-state index contributed by atoms with van der Waals surface area (Å²) in [6.07, 6.45) is 0. The Balaban J connectivity index is 1.80. The van der Waals surface area contributed by atoms with Gasteiger partial charge < -0.3 is 14.6 Å². The van der Waals surface area contributed by atoms with Gasteiger partial charge in [-0.3, -0.25) is 4.99 Å². The zero-order chi connectivity index (χ0) is 24.5. The smallest absolute Gasteiger partial charge is 0.237 e. The second kappa shape index (κ2) is 9.18. The minimum atomic E-state index is -0.278. The van der Waals surface area contributed by atoms with Gasteiger partial charge >= 0.3 is 0 Å². The first-order chi connectivity index (χ1) is 16.9. The van der Waals surface area contributed by atoms with Crippen LogP contribution < -0.4 is 15.4 Å². The highest BCUT2D eigenvalue weighted by Crippen LogP contribution is 2.31. The summed E-state index contributed by atoms with van der Waals surface area (Å²) in [7, 11) is 1.60. The number of methoxy groups -OCH3 is 1. The Bertz CT molecular complexity index is 1560. The fourth-order valence-electron chi connectivity index (χ4n) is 4.12. The number of aryl methyl sites for hydroxylation is 1. The molecule has 6 nitrogen and oxygen atoms in total. The third-order valence-corrected chi connectivity index (χ3v) is 5.64. The molecule has 2 aromatic carbocycles. The van der Waals surface area contributed by atoms with Crippen LogP contribution in [0.25, 0.3) is 28.1 Å². The van der Waals surface area contributed by atoms with Gasteiger partial charge in [0, 0.05) is 17.4 Å². The molecule has 0 saturated carbocycles. The molecular weight excluding hydrogens is 441 g/mol. The van der Waals surface area contributed by atoms with Gasteiger partial charge in [-0.15, -0.1) is 0 Å². The standard InChI is InChI=1S/C28H26FN5O/c1-17(2)30-24-16-27-25(15-23(24)33-22-14-9-18(3)31-28(22)35-4)32-21-7-5-6-8-26(21)34(27)20-12-10-19(29)11-13-20/h5-17,33H,1-4H3/b30-24+. The van der Waals surface area contributed by atoms with Crippen LogP contribution in [-0.4, -0.2) is 27.7 Å². The van der Waals surface area contributed by atoms with Gasteiger partial charge in [0.05, 0.1) is 40.6 Å². The Labute approximate surface area is 203 Å². The van der Waals surface area contributed by atoms with Crippen molar-refractivity contribution in [3.05, 3.63) is 89.7 Å². The third kappa shape index (κ3) is 4.45. The maximum Gasteiger partial charge on any atom is 0.237 e. The van der Waals surface area contributed by atoms with Crippen LogP contribution in [0.5, 0.6) is 5.88 Å². The Morgan fingerprint density at radius 1 is 0.943 bits per heavy atom. The zero-order valence-electron chi connectivity index (χ0n) is 20.1. The van der Waals surface area contributed by atoms with Crippen molar-refractivity contribution in [2.45, 2.75) is 26.8 Å². The van der Waals surface area contributed by atoms with Crippen molar-refractivity contribution in [1.82, 2.24) is 14.5 Å². The summed E-state index contributed by atoms with van der Waals surface area (Å²) in [4.78, 5) is 14.3. The van der Waals surface area contributed by atoms with E-state index < -0.39 is 0 Å². The van der Waals surface area contributed by atoms with Crippen LogP contribution in [-0.2, 0) is 0 Å². The molecule has 2 heterocycles. The molecule has 1 aromatic heterocycles. The van der Waals surface area contributed by atoms with E-state index in [-0.39, 0.29) is 11.9 Å². The van der Waals surface area contributed by atoms with Gasteiger partial charge in [0.25, 0.3) is 0 Å². The molecule has 1 aliphatic carbocycles. The second-order valence-electron chi connectivity index (χ2n) is 8.63. The molecule has 0 amide bonds. The van der Waals surface area contributed by atoms with E-state index in [1.807, 2.05) is 69.3 Å². The minimum absolute atomic E-state index is 0.0683. The summed E-state index contributed by atoms with van der Waals surface area (Å²) in [5, 5.41) is 4.23. The molecule has 2 aliphatic rings. The lowest BCUT2D eigenvalue weighted by Crippen LogP contribution is -2.17. The molecule has 1 N–H and O–H groups in total. The molecule has 3 aromatic rings. The molecule has 5 rings (SSSR count). The molecule has 1 aliphatic heterocycles. The number of para-hydroxylation sites is 2. The molecule has 0 radical (unpaired) electrons. The average molecular weight is 468 g/mol. The number of nitrogens with one attached hydrogen (secondary N) is 1. The Kier molecular flexibility index (Phi) is 5.91. The van der Waals surface area contributed by atoms with Crippen molar-refractivity contribution in [1.29, 1.82) is 0 Å². The van der Waals surface area contributed by atoms with E-state index >= 15 is 0 Å². The number of hydrogen-bond donors (Lipinski definition) is 1. The number of nitrogens with zero attached hydrogens (tertiary/aromatic N) is 4. The summed E-state index contributed by atoms with van der Waals surface area (Å²) >= 11 is 0. The Morgan fingerprint density at radius 3 is 2.46 bits per heavy atom. The van der Waals surface area contributed by atoms with Crippen LogP contribution in [0.15, 0.2) is 77.8 Å². The molecule has 0 fully saturated rings. The minimum Gasteiger partial charge on any atom is -0.480 e. The lowest BCUT2D eigenvalue weighted by atomic mass is 10.1. The number of fused-ring (bicyclic) bond motifs is 2. The van der Waals surface area contributed by atoms with Crippen LogP contribution >= 0.6 is 0 Å². The highest BCUT2D eigenvalue weighted by molar-refractivity contribution is 5.84. The van der Waals surface area contributed by atoms with E-state index in [2.05, 4.69) is 14.9 Å². The van der Waals surface area contributed by atoms with Gasteiger partial charge in [-0.05, 0) is 81.4 Å². The number of rotatable bonds is 5.